The summed E-state index contributed by atoms with van der Waals surface area (Å²) in [7, 11) is 0. The molecule has 0 bridgehead atoms. The fourth-order valence-corrected chi connectivity index (χ4v) is 5.00. The molecule has 1 amide bonds. The Bertz CT molecular complexity index is 1610. The van der Waals surface area contributed by atoms with Crippen LogP contribution in [0.1, 0.15) is 30.8 Å². The van der Waals surface area contributed by atoms with Crippen molar-refractivity contribution in [3.05, 3.63) is 84.2 Å². The molecule has 0 radical (unpaired) electrons. The van der Waals surface area contributed by atoms with E-state index in [0.717, 1.165) is 45.1 Å². The number of carbonyl (C=O) groups is 1. The molecule has 1 aliphatic heterocycles. The first kappa shape index (κ1) is 22.0. The predicted molar refractivity (Wildman–Crippen MR) is 138 cm³/mol. The normalized spacial score (nSPS) is 16.8. The van der Waals surface area contributed by atoms with E-state index in [9.17, 15) is 4.79 Å². The SMILES string of the molecule is CCn1c(-c2cnc(C)nc2)nc2c(-c3ccc4c(c3)[C@@](C)(Cc3ccccc3)C(=O)N4)ncnc21. The van der Waals surface area contributed by atoms with Gasteiger partial charge in [-0.1, -0.05) is 36.4 Å². The Kier molecular flexibility index (Phi) is 5.10. The van der Waals surface area contributed by atoms with E-state index in [1.54, 1.807) is 18.7 Å². The third-order valence-electron chi connectivity index (χ3n) is 6.92. The molecule has 0 unspecified atom stereocenters. The van der Waals surface area contributed by atoms with E-state index in [4.69, 9.17) is 4.98 Å². The molecular weight excluding hydrogens is 450 g/mol. The summed E-state index contributed by atoms with van der Waals surface area (Å²) in [5.74, 6) is 1.46. The second kappa shape index (κ2) is 8.34. The maximum Gasteiger partial charge on any atom is 0.235 e. The molecule has 1 aliphatic rings. The number of benzene rings is 2. The first-order valence-corrected chi connectivity index (χ1v) is 12.0. The fraction of sp³-hybridized carbons (Fsp3) is 0.214. The van der Waals surface area contributed by atoms with Gasteiger partial charge in [0, 0.05) is 30.2 Å². The van der Waals surface area contributed by atoms with Gasteiger partial charge in [0.05, 0.1) is 11.0 Å². The molecule has 8 heteroatoms. The number of imidazole rings is 1. The Morgan fingerprint density at radius 3 is 2.50 bits per heavy atom. The number of hydrogen-bond acceptors (Lipinski definition) is 6. The zero-order chi connectivity index (χ0) is 24.9. The summed E-state index contributed by atoms with van der Waals surface area (Å²) in [6, 6.07) is 16.1. The Labute approximate surface area is 208 Å². The van der Waals surface area contributed by atoms with Gasteiger partial charge in [0.25, 0.3) is 0 Å². The summed E-state index contributed by atoms with van der Waals surface area (Å²) in [5.41, 5.74) is 6.13. The van der Waals surface area contributed by atoms with Crippen LogP contribution < -0.4 is 5.32 Å². The van der Waals surface area contributed by atoms with E-state index >= 15 is 0 Å². The number of aromatic nitrogens is 6. The molecular formula is C28H25N7O. The molecule has 0 saturated carbocycles. The number of nitrogens with one attached hydrogen (secondary N) is 1. The van der Waals surface area contributed by atoms with Crippen LogP contribution in [-0.2, 0) is 23.2 Å². The van der Waals surface area contributed by atoms with Crippen molar-refractivity contribution in [1.82, 2.24) is 29.5 Å². The van der Waals surface area contributed by atoms with Crippen molar-refractivity contribution in [2.75, 3.05) is 5.32 Å². The average molecular weight is 476 g/mol. The molecule has 0 fully saturated rings. The number of amides is 1. The third-order valence-corrected chi connectivity index (χ3v) is 6.92. The molecule has 0 saturated heterocycles. The number of hydrogen-bond donors (Lipinski definition) is 1. The topological polar surface area (TPSA) is 98.5 Å². The van der Waals surface area contributed by atoms with Crippen molar-refractivity contribution < 1.29 is 4.79 Å². The summed E-state index contributed by atoms with van der Waals surface area (Å²) >= 11 is 0. The minimum Gasteiger partial charge on any atom is -0.325 e. The molecule has 1 atom stereocenters. The minimum absolute atomic E-state index is 0.00301. The predicted octanol–water partition coefficient (Wildman–Crippen LogP) is 4.73. The lowest BCUT2D eigenvalue weighted by atomic mass is 9.78. The summed E-state index contributed by atoms with van der Waals surface area (Å²) in [6.07, 6.45) is 5.74. The van der Waals surface area contributed by atoms with Crippen molar-refractivity contribution in [2.24, 2.45) is 0 Å². The molecule has 0 spiro atoms. The number of rotatable bonds is 5. The van der Waals surface area contributed by atoms with Gasteiger partial charge < -0.3 is 9.88 Å². The standard InChI is InChI=1S/C28H25N7O/c1-4-35-25(20-14-29-17(2)30-15-20)34-24-23(31-16-32-26(24)35)19-10-11-22-21(12-19)28(3,27(36)33-22)13-18-8-6-5-7-9-18/h5-12,14-16H,4,13H2,1-3H3,(H,33,36)/t28-/m1/s1. The van der Waals surface area contributed by atoms with Crippen LogP contribution in [0.25, 0.3) is 33.8 Å². The van der Waals surface area contributed by atoms with Gasteiger partial charge in [-0.15, -0.1) is 0 Å². The van der Waals surface area contributed by atoms with Gasteiger partial charge in [0.15, 0.2) is 5.65 Å². The molecule has 2 aromatic carbocycles. The molecule has 4 heterocycles. The van der Waals surface area contributed by atoms with Crippen molar-refractivity contribution in [3.8, 4) is 22.6 Å². The zero-order valence-corrected chi connectivity index (χ0v) is 20.4. The Morgan fingerprint density at radius 1 is 0.972 bits per heavy atom. The molecule has 6 rings (SSSR count). The lowest BCUT2D eigenvalue weighted by molar-refractivity contribution is -0.120. The fourth-order valence-electron chi connectivity index (χ4n) is 5.00. The van der Waals surface area contributed by atoms with Gasteiger partial charge >= 0.3 is 0 Å². The van der Waals surface area contributed by atoms with Gasteiger partial charge in [-0.2, -0.15) is 0 Å². The number of anilines is 1. The smallest absolute Gasteiger partial charge is 0.235 e. The molecule has 3 aromatic heterocycles. The quantitative estimate of drug-likeness (QED) is 0.395. The van der Waals surface area contributed by atoms with Crippen LogP contribution in [0.2, 0.25) is 0 Å². The average Bonchev–Trinajstić information content (AvgIpc) is 3.39. The minimum atomic E-state index is -0.688. The highest BCUT2D eigenvalue weighted by molar-refractivity contribution is 6.07. The zero-order valence-electron chi connectivity index (χ0n) is 20.4. The van der Waals surface area contributed by atoms with Crippen LogP contribution in [0, 0.1) is 6.92 Å². The van der Waals surface area contributed by atoms with Crippen molar-refractivity contribution in [1.29, 1.82) is 0 Å². The van der Waals surface area contributed by atoms with Crippen molar-refractivity contribution in [2.45, 2.75) is 39.2 Å². The Balaban J connectivity index is 1.48. The van der Waals surface area contributed by atoms with Crippen molar-refractivity contribution in [3.63, 3.8) is 0 Å². The van der Waals surface area contributed by atoms with E-state index in [-0.39, 0.29) is 5.91 Å². The van der Waals surface area contributed by atoms with Crippen LogP contribution in [0.4, 0.5) is 5.69 Å². The van der Waals surface area contributed by atoms with Gasteiger partial charge in [-0.3, -0.25) is 4.79 Å². The summed E-state index contributed by atoms with van der Waals surface area (Å²) in [4.78, 5) is 35.9. The van der Waals surface area contributed by atoms with E-state index in [1.165, 1.54) is 0 Å². The molecule has 8 nitrogen and oxygen atoms in total. The lowest BCUT2D eigenvalue weighted by Crippen LogP contribution is -2.33. The van der Waals surface area contributed by atoms with Crippen molar-refractivity contribution >= 4 is 22.8 Å². The number of carbonyl (C=O) groups excluding carboxylic acids is 1. The van der Waals surface area contributed by atoms with Gasteiger partial charge in [-0.25, -0.2) is 24.9 Å². The molecule has 5 aromatic rings. The lowest BCUT2D eigenvalue weighted by Gasteiger charge is -2.23. The first-order chi connectivity index (χ1) is 17.5. The largest absolute Gasteiger partial charge is 0.325 e. The third kappa shape index (κ3) is 3.45. The van der Waals surface area contributed by atoms with Gasteiger partial charge in [0.2, 0.25) is 5.91 Å². The maximum atomic E-state index is 13.1. The number of fused-ring (bicyclic) bond motifs is 2. The van der Waals surface area contributed by atoms with Crippen LogP contribution in [0.5, 0.6) is 0 Å². The Morgan fingerprint density at radius 2 is 1.75 bits per heavy atom. The van der Waals surface area contributed by atoms with Gasteiger partial charge in [0.1, 0.15) is 29.2 Å². The second-order valence-electron chi connectivity index (χ2n) is 9.30. The summed E-state index contributed by atoms with van der Waals surface area (Å²) < 4.78 is 2.05. The summed E-state index contributed by atoms with van der Waals surface area (Å²) in [5, 5.41) is 3.07. The van der Waals surface area contributed by atoms with E-state index in [0.29, 0.717) is 24.3 Å². The molecule has 0 aliphatic carbocycles. The van der Waals surface area contributed by atoms with Crippen LogP contribution >= 0.6 is 0 Å². The molecule has 36 heavy (non-hydrogen) atoms. The highest BCUT2D eigenvalue weighted by atomic mass is 16.2. The number of nitrogens with zero attached hydrogens (tertiary/aromatic N) is 6. The monoisotopic (exact) mass is 475 g/mol. The van der Waals surface area contributed by atoms with Crippen LogP contribution in [-0.4, -0.2) is 35.4 Å². The number of aryl methyl sites for hydroxylation is 2. The van der Waals surface area contributed by atoms with E-state index < -0.39 is 5.41 Å². The molecule has 178 valence electrons. The highest BCUT2D eigenvalue weighted by Crippen LogP contribution is 2.42. The second-order valence-corrected chi connectivity index (χ2v) is 9.30. The first-order valence-electron chi connectivity index (χ1n) is 12.0. The van der Waals surface area contributed by atoms with Gasteiger partial charge in [-0.05, 0) is 50.5 Å². The van der Waals surface area contributed by atoms with E-state index in [1.807, 2.05) is 48.7 Å². The summed E-state index contributed by atoms with van der Waals surface area (Å²) in [6.45, 7) is 6.61. The maximum absolute atomic E-state index is 13.1. The Hall–Kier alpha value is -4.46. The molecule has 1 N–H and O–H groups in total. The van der Waals surface area contributed by atoms with E-state index in [2.05, 4.69) is 50.4 Å². The van der Waals surface area contributed by atoms with Crippen LogP contribution in [0.3, 0.4) is 0 Å². The highest BCUT2D eigenvalue weighted by Gasteiger charge is 2.43. The van der Waals surface area contributed by atoms with Crippen LogP contribution in [0.15, 0.2) is 67.3 Å².